The zero-order chi connectivity index (χ0) is 30.2. The molecule has 1 aromatic carbocycles. The van der Waals surface area contributed by atoms with Crippen molar-refractivity contribution >= 4 is 21.7 Å². The van der Waals surface area contributed by atoms with Gasteiger partial charge >= 0.3 is 12.4 Å². The first kappa shape index (κ1) is 28.9. The fraction of sp³-hybridized carbons (Fsp3) is 0.520. The molecule has 0 unspecified atom stereocenters. The summed E-state index contributed by atoms with van der Waals surface area (Å²) in [5, 5.41) is 13.7. The van der Waals surface area contributed by atoms with Crippen LogP contribution < -0.4 is 5.32 Å². The van der Waals surface area contributed by atoms with Gasteiger partial charge in [-0.3, -0.25) is 14.3 Å². The van der Waals surface area contributed by atoms with Crippen molar-refractivity contribution < 1.29 is 44.3 Å². The van der Waals surface area contributed by atoms with Crippen molar-refractivity contribution in [3.8, 4) is 17.3 Å². The fourth-order valence-electron chi connectivity index (χ4n) is 5.11. The van der Waals surface area contributed by atoms with Gasteiger partial charge in [0.25, 0.3) is 0 Å². The number of aromatic nitrogens is 2. The Hall–Kier alpha value is -3.61. The van der Waals surface area contributed by atoms with Crippen molar-refractivity contribution in [1.29, 1.82) is 5.26 Å². The molecule has 1 N–H and O–H groups in total. The lowest BCUT2D eigenvalue weighted by atomic mass is 10.0. The minimum Gasteiger partial charge on any atom is -0.336 e. The second-order valence-corrected chi connectivity index (χ2v) is 12.9. The lowest BCUT2D eigenvalue weighted by Gasteiger charge is -2.29. The molecule has 2 saturated carbocycles. The number of nitriles is 1. The number of carbonyl (C=O) groups is 2. The maximum atomic E-state index is 13.8. The van der Waals surface area contributed by atoms with Crippen LogP contribution in [0, 0.1) is 16.7 Å². The summed E-state index contributed by atoms with van der Waals surface area (Å²) in [7, 11) is -3.03. The molecule has 2 heterocycles. The molecule has 41 heavy (non-hydrogen) atoms. The zero-order valence-corrected chi connectivity index (χ0v) is 22.2. The van der Waals surface area contributed by atoms with Gasteiger partial charge in [0.05, 0.1) is 21.9 Å². The van der Waals surface area contributed by atoms with Gasteiger partial charge in [-0.2, -0.15) is 36.7 Å². The van der Waals surface area contributed by atoms with Gasteiger partial charge < -0.3 is 10.2 Å². The van der Waals surface area contributed by atoms with Crippen LogP contribution >= 0.6 is 0 Å². The van der Waals surface area contributed by atoms with Crippen molar-refractivity contribution in [1.82, 2.24) is 20.0 Å². The second-order valence-electron chi connectivity index (χ2n) is 10.7. The van der Waals surface area contributed by atoms with Crippen molar-refractivity contribution in [2.45, 2.75) is 66.2 Å². The highest BCUT2D eigenvalue weighted by molar-refractivity contribution is 7.92. The van der Waals surface area contributed by atoms with E-state index < -0.39 is 87.8 Å². The molecular formula is C25H23F6N5O4S. The van der Waals surface area contributed by atoms with Gasteiger partial charge in [0.1, 0.15) is 17.0 Å². The largest absolute Gasteiger partial charge is 0.435 e. The molecule has 0 spiro atoms. The van der Waals surface area contributed by atoms with Crippen LogP contribution in [0.1, 0.15) is 37.8 Å². The minimum atomic E-state index is -4.89. The van der Waals surface area contributed by atoms with Gasteiger partial charge in [0.2, 0.25) is 11.8 Å². The van der Waals surface area contributed by atoms with E-state index in [0.29, 0.717) is 17.7 Å². The second kappa shape index (κ2) is 9.20. The molecule has 0 bridgehead atoms. The number of hydrogen-bond donors (Lipinski definition) is 1. The van der Waals surface area contributed by atoms with Gasteiger partial charge in [-0.25, -0.2) is 8.42 Å². The Morgan fingerprint density at radius 1 is 1.07 bits per heavy atom. The Kier molecular flexibility index (Phi) is 6.48. The molecule has 0 radical (unpaired) electrons. The van der Waals surface area contributed by atoms with Crippen molar-refractivity contribution in [3.05, 3.63) is 36.0 Å². The van der Waals surface area contributed by atoms with Gasteiger partial charge in [0.15, 0.2) is 15.5 Å². The molecule has 220 valence electrons. The summed E-state index contributed by atoms with van der Waals surface area (Å²) in [6, 6.07) is 5.97. The van der Waals surface area contributed by atoms with Crippen molar-refractivity contribution in [2.24, 2.45) is 12.5 Å². The molecule has 3 fully saturated rings. The SMILES string of the molecule is Cn1nc(C(F)(F)F)cc1-c1ccc(S(=O)(=O)[C@@H]2C[C@@H](C(=O)NC3(C#N)CC3)N(C(=O)C3(C(F)(F)F)CC3)C2)cc1. The third-order valence-corrected chi connectivity index (χ3v) is 10.1. The topological polar surface area (TPSA) is 125 Å². The number of benzene rings is 1. The number of sulfone groups is 1. The third-order valence-electron chi connectivity index (χ3n) is 7.94. The van der Waals surface area contributed by atoms with Crippen LogP contribution in [0.2, 0.25) is 0 Å². The van der Waals surface area contributed by atoms with Crippen molar-refractivity contribution in [3.63, 3.8) is 0 Å². The maximum Gasteiger partial charge on any atom is 0.435 e. The number of hydrogen-bond acceptors (Lipinski definition) is 6. The summed E-state index contributed by atoms with van der Waals surface area (Å²) < 4.78 is 108. The summed E-state index contributed by atoms with van der Waals surface area (Å²) in [6.07, 6.45) is -10.4. The number of alkyl halides is 6. The number of amides is 2. The number of halogens is 6. The van der Waals surface area contributed by atoms with E-state index >= 15 is 0 Å². The van der Waals surface area contributed by atoms with E-state index in [1.807, 2.05) is 6.07 Å². The van der Waals surface area contributed by atoms with Gasteiger partial charge in [-0.1, -0.05) is 12.1 Å². The maximum absolute atomic E-state index is 13.8. The lowest BCUT2D eigenvalue weighted by molar-refractivity contribution is -0.199. The van der Waals surface area contributed by atoms with Crippen LogP contribution in [0.4, 0.5) is 26.3 Å². The lowest BCUT2D eigenvalue weighted by Crippen LogP contribution is -2.53. The highest BCUT2D eigenvalue weighted by atomic mass is 32.2. The molecule has 2 amide bonds. The molecule has 3 aliphatic rings. The molecule has 1 aromatic heterocycles. The summed E-state index contributed by atoms with van der Waals surface area (Å²) >= 11 is 0. The van der Waals surface area contributed by atoms with Gasteiger partial charge in [0, 0.05) is 13.6 Å². The molecular weight excluding hydrogens is 580 g/mol. The summed E-state index contributed by atoms with van der Waals surface area (Å²) in [6.45, 7) is -0.672. The number of nitrogens with one attached hydrogen (secondary N) is 1. The number of aryl methyl sites for hydroxylation is 1. The Bertz CT molecular complexity index is 1550. The van der Waals surface area contributed by atoms with E-state index in [0.717, 1.165) is 22.9 Å². The standard InChI is InChI=1S/C25H23F6N5O4S/c1-35-17(11-19(34-35)24(26,27)28)14-2-4-15(5-3-14)41(39,40)16-10-18(20(37)33-22(13-32)6-7-22)36(12-16)21(38)23(8-9-23)25(29,30)31/h2-5,11,16,18H,6-10,12H2,1H3,(H,33,37)/t16-,18+/m1/s1. The van der Waals surface area contributed by atoms with E-state index in [9.17, 15) is 49.6 Å². The van der Waals surface area contributed by atoms with Crippen LogP contribution in [0.15, 0.2) is 35.2 Å². The highest BCUT2D eigenvalue weighted by Gasteiger charge is 2.70. The zero-order valence-electron chi connectivity index (χ0n) is 21.4. The Balaban J connectivity index is 1.42. The van der Waals surface area contributed by atoms with Crippen LogP contribution in [0.3, 0.4) is 0 Å². The molecule has 9 nitrogen and oxygen atoms in total. The number of rotatable bonds is 6. The first-order chi connectivity index (χ1) is 18.9. The molecule has 2 aliphatic carbocycles. The first-order valence-corrected chi connectivity index (χ1v) is 14.1. The normalized spacial score (nSPS) is 23.1. The van der Waals surface area contributed by atoms with Crippen LogP contribution in [-0.4, -0.2) is 64.5 Å². The molecule has 1 saturated heterocycles. The molecule has 5 rings (SSSR count). The number of carbonyl (C=O) groups excluding carboxylic acids is 2. The molecule has 2 atom stereocenters. The average molecular weight is 604 g/mol. The predicted molar refractivity (Wildman–Crippen MR) is 128 cm³/mol. The van der Waals surface area contributed by atoms with E-state index in [1.54, 1.807) is 0 Å². The van der Waals surface area contributed by atoms with E-state index in [-0.39, 0.29) is 16.2 Å². The fourth-order valence-corrected chi connectivity index (χ4v) is 6.80. The minimum absolute atomic E-state index is 0.0593. The van der Waals surface area contributed by atoms with Crippen LogP contribution in [0.25, 0.3) is 11.3 Å². The molecule has 16 heteroatoms. The third kappa shape index (κ3) is 4.93. The van der Waals surface area contributed by atoms with Gasteiger partial charge in [-0.05, 0) is 55.9 Å². The monoisotopic (exact) mass is 603 g/mol. The Morgan fingerprint density at radius 3 is 2.15 bits per heavy atom. The Labute approximate surface area is 230 Å². The summed E-state index contributed by atoms with van der Waals surface area (Å²) in [4.78, 5) is 26.6. The summed E-state index contributed by atoms with van der Waals surface area (Å²) in [5.74, 6) is -2.28. The van der Waals surface area contributed by atoms with E-state index in [4.69, 9.17) is 0 Å². The molecule has 2 aromatic rings. The van der Waals surface area contributed by atoms with Crippen LogP contribution in [0.5, 0.6) is 0 Å². The highest BCUT2D eigenvalue weighted by Crippen LogP contribution is 2.59. The van der Waals surface area contributed by atoms with Crippen molar-refractivity contribution in [2.75, 3.05) is 6.54 Å². The summed E-state index contributed by atoms with van der Waals surface area (Å²) in [5.41, 5.74) is -4.73. The average Bonchev–Trinajstić information content (AvgIpc) is 3.78. The van der Waals surface area contributed by atoms with Crippen LogP contribution in [-0.2, 0) is 32.7 Å². The number of likely N-dealkylation sites (tertiary alicyclic amines) is 1. The Morgan fingerprint density at radius 2 is 1.68 bits per heavy atom. The van der Waals surface area contributed by atoms with E-state index in [2.05, 4.69) is 10.4 Å². The first-order valence-electron chi connectivity index (χ1n) is 12.5. The smallest absolute Gasteiger partial charge is 0.336 e. The van der Waals surface area contributed by atoms with Gasteiger partial charge in [-0.15, -0.1) is 0 Å². The molecule has 1 aliphatic heterocycles. The predicted octanol–water partition coefficient (Wildman–Crippen LogP) is 3.36. The number of nitrogens with zero attached hydrogens (tertiary/aromatic N) is 4. The van der Waals surface area contributed by atoms with E-state index in [1.165, 1.54) is 19.2 Å². The quantitative estimate of drug-likeness (QED) is 0.505.